The quantitative estimate of drug-likeness (QED) is 0.739. The topological polar surface area (TPSA) is 41.5 Å². The Morgan fingerprint density at radius 3 is 2.43 bits per heavy atom. The molecule has 1 atom stereocenters. The van der Waals surface area contributed by atoms with Gasteiger partial charge in [-0.2, -0.15) is 0 Å². The molecular weight excluding hydrogens is 178 g/mol. The number of benzene rings is 1. The summed E-state index contributed by atoms with van der Waals surface area (Å²) in [7, 11) is 3.52. The van der Waals surface area contributed by atoms with Crippen LogP contribution >= 0.6 is 0 Å². The van der Waals surface area contributed by atoms with Crippen LogP contribution in [-0.4, -0.2) is 25.9 Å². The van der Waals surface area contributed by atoms with E-state index < -0.39 is 0 Å². The number of likely N-dealkylation sites (N-methyl/N-ethyl adjacent to an activating group) is 1. The number of hydrogen-bond donors (Lipinski definition) is 2. The lowest BCUT2D eigenvalue weighted by molar-refractivity contribution is 0.185. The van der Waals surface area contributed by atoms with Crippen molar-refractivity contribution in [1.29, 1.82) is 0 Å². The SMILES string of the molecule is CNC(CO)c1ccc(COC)cc1. The summed E-state index contributed by atoms with van der Waals surface area (Å²) in [5.74, 6) is 0. The van der Waals surface area contributed by atoms with Gasteiger partial charge in [-0.1, -0.05) is 24.3 Å². The van der Waals surface area contributed by atoms with Crippen LogP contribution in [0.25, 0.3) is 0 Å². The first-order valence-electron chi connectivity index (χ1n) is 4.67. The standard InChI is InChI=1S/C11H17NO2/c1-12-11(7-13)10-5-3-9(4-6-10)8-14-2/h3-6,11-13H,7-8H2,1-2H3. The van der Waals surface area contributed by atoms with Gasteiger partial charge in [-0.15, -0.1) is 0 Å². The first-order chi connectivity index (χ1) is 6.81. The Labute approximate surface area is 84.7 Å². The van der Waals surface area contributed by atoms with E-state index in [1.165, 1.54) is 0 Å². The monoisotopic (exact) mass is 195 g/mol. The van der Waals surface area contributed by atoms with Gasteiger partial charge in [-0.25, -0.2) is 0 Å². The van der Waals surface area contributed by atoms with Crippen molar-refractivity contribution in [3.8, 4) is 0 Å². The molecule has 0 fully saturated rings. The Bertz CT molecular complexity index is 254. The molecular formula is C11H17NO2. The summed E-state index contributed by atoms with van der Waals surface area (Å²) in [5.41, 5.74) is 2.24. The zero-order chi connectivity index (χ0) is 10.4. The van der Waals surface area contributed by atoms with E-state index in [1.54, 1.807) is 7.11 Å². The fourth-order valence-corrected chi connectivity index (χ4v) is 1.38. The summed E-state index contributed by atoms with van der Waals surface area (Å²) in [6.07, 6.45) is 0. The molecule has 3 heteroatoms. The summed E-state index contributed by atoms with van der Waals surface area (Å²) in [4.78, 5) is 0. The molecule has 0 amide bonds. The maximum atomic E-state index is 9.06. The van der Waals surface area contributed by atoms with Crippen LogP contribution in [0.4, 0.5) is 0 Å². The van der Waals surface area contributed by atoms with E-state index in [9.17, 15) is 0 Å². The van der Waals surface area contributed by atoms with Crippen LogP contribution in [0.1, 0.15) is 17.2 Å². The summed E-state index contributed by atoms with van der Waals surface area (Å²) in [6, 6.07) is 8.06. The summed E-state index contributed by atoms with van der Waals surface area (Å²) in [5, 5.41) is 12.1. The normalized spacial score (nSPS) is 12.8. The second-order valence-corrected chi connectivity index (χ2v) is 3.20. The van der Waals surface area contributed by atoms with Crippen LogP contribution in [0, 0.1) is 0 Å². The second kappa shape index (κ2) is 5.75. The van der Waals surface area contributed by atoms with Crippen molar-refractivity contribution in [3.63, 3.8) is 0 Å². The van der Waals surface area contributed by atoms with E-state index in [2.05, 4.69) is 5.32 Å². The third kappa shape index (κ3) is 2.80. The van der Waals surface area contributed by atoms with Crippen molar-refractivity contribution < 1.29 is 9.84 Å². The van der Waals surface area contributed by atoms with E-state index >= 15 is 0 Å². The fourth-order valence-electron chi connectivity index (χ4n) is 1.38. The summed E-state index contributed by atoms with van der Waals surface area (Å²) >= 11 is 0. The van der Waals surface area contributed by atoms with Gasteiger partial charge in [0.2, 0.25) is 0 Å². The van der Waals surface area contributed by atoms with Gasteiger partial charge < -0.3 is 15.2 Å². The lowest BCUT2D eigenvalue weighted by atomic mass is 10.1. The van der Waals surface area contributed by atoms with E-state index in [0.717, 1.165) is 11.1 Å². The second-order valence-electron chi connectivity index (χ2n) is 3.20. The first kappa shape index (κ1) is 11.2. The van der Waals surface area contributed by atoms with Crippen LogP contribution in [0.15, 0.2) is 24.3 Å². The van der Waals surface area contributed by atoms with Gasteiger partial charge in [0.05, 0.1) is 19.3 Å². The van der Waals surface area contributed by atoms with Crippen LogP contribution < -0.4 is 5.32 Å². The fraction of sp³-hybridized carbons (Fsp3) is 0.455. The first-order valence-corrected chi connectivity index (χ1v) is 4.67. The molecule has 0 aliphatic carbocycles. The van der Waals surface area contributed by atoms with Crippen LogP contribution in [0.3, 0.4) is 0 Å². The minimum absolute atomic E-state index is 0.0200. The van der Waals surface area contributed by atoms with Gasteiger partial charge in [0, 0.05) is 7.11 Å². The molecule has 0 aliphatic rings. The molecule has 0 radical (unpaired) electrons. The highest BCUT2D eigenvalue weighted by atomic mass is 16.5. The van der Waals surface area contributed by atoms with Crippen LogP contribution in [0.2, 0.25) is 0 Å². The molecule has 0 spiro atoms. The van der Waals surface area contributed by atoms with Gasteiger partial charge >= 0.3 is 0 Å². The van der Waals surface area contributed by atoms with Crippen molar-refractivity contribution >= 4 is 0 Å². The molecule has 0 heterocycles. The van der Waals surface area contributed by atoms with E-state index in [-0.39, 0.29) is 12.6 Å². The molecule has 0 saturated heterocycles. The van der Waals surface area contributed by atoms with Crippen LogP contribution in [-0.2, 0) is 11.3 Å². The van der Waals surface area contributed by atoms with Gasteiger partial charge in [-0.3, -0.25) is 0 Å². The molecule has 3 nitrogen and oxygen atoms in total. The lowest BCUT2D eigenvalue weighted by Gasteiger charge is -2.13. The molecule has 78 valence electrons. The number of aliphatic hydroxyl groups is 1. The average molecular weight is 195 g/mol. The largest absolute Gasteiger partial charge is 0.394 e. The van der Waals surface area contributed by atoms with Crippen molar-refractivity contribution in [3.05, 3.63) is 35.4 Å². The lowest BCUT2D eigenvalue weighted by Crippen LogP contribution is -2.19. The van der Waals surface area contributed by atoms with Crippen LogP contribution in [0.5, 0.6) is 0 Å². The van der Waals surface area contributed by atoms with Gasteiger partial charge in [-0.05, 0) is 18.2 Å². The Morgan fingerprint density at radius 1 is 1.36 bits per heavy atom. The predicted octanol–water partition coefficient (Wildman–Crippen LogP) is 1.09. The minimum Gasteiger partial charge on any atom is -0.394 e. The third-order valence-electron chi connectivity index (χ3n) is 2.22. The molecule has 0 aromatic heterocycles. The van der Waals surface area contributed by atoms with Crippen molar-refractivity contribution in [2.24, 2.45) is 0 Å². The van der Waals surface area contributed by atoms with Crippen molar-refractivity contribution in [2.45, 2.75) is 12.6 Å². The Morgan fingerprint density at radius 2 is 2.00 bits per heavy atom. The van der Waals surface area contributed by atoms with E-state index in [4.69, 9.17) is 9.84 Å². The number of rotatable bonds is 5. The molecule has 1 aromatic carbocycles. The number of nitrogens with one attached hydrogen (secondary N) is 1. The maximum absolute atomic E-state index is 9.06. The molecule has 14 heavy (non-hydrogen) atoms. The molecule has 2 N–H and O–H groups in total. The van der Waals surface area contributed by atoms with Crippen molar-refractivity contribution in [1.82, 2.24) is 5.32 Å². The highest BCUT2D eigenvalue weighted by Gasteiger charge is 2.06. The molecule has 0 aliphatic heterocycles. The average Bonchev–Trinajstić information content (AvgIpc) is 2.23. The molecule has 1 aromatic rings. The summed E-state index contributed by atoms with van der Waals surface area (Å²) < 4.78 is 5.02. The number of aliphatic hydroxyl groups excluding tert-OH is 1. The Balaban J connectivity index is 2.71. The Kier molecular flexibility index (Phi) is 4.59. The zero-order valence-corrected chi connectivity index (χ0v) is 8.66. The highest BCUT2D eigenvalue weighted by molar-refractivity contribution is 5.24. The number of hydrogen-bond acceptors (Lipinski definition) is 3. The summed E-state index contributed by atoms with van der Waals surface area (Å²) in [6.45, 7) is 0.740. The Hall–Kier alpha value is -0.900. The molecule has 1 rings (SSSR count). The van der Waals surface area contributed by atoms with Gasteiger partial charge in [0.15, 0.2) is 0 Å². The van der Waals surface area contributed by atoms with Gasteiger partial charge in [0.1, 0.15) is 0 Å². The zero-order valence-electron chi connectivity index (χ0n) is 8.66. The predicted molar refractivity (Wildman–Crippen MR) is 56.0 cm³/mol. The van der Waals surface area contributed by atoms with Crippen molar-refractivity contribution in [2.75, 3.05) is 20.8 Å². The molecule has 1 unspecified atom stereocenters. The number of methoxy groups -OCH3 is 1. The van der Waals surface area contributed by atoms with E-state index in [1.807, 2.05) is 31.3 Å². The molecule has 0 bridgehead atoms. The number of ether oxygens (including phenoxy) is 1. The maximum Gasteiger partial charge on any atom is 0.0713 e. The highest BCUT2D eigenvalue weighted by Crippen LogP contribution is 2.13. The third-order valence-corrected chi connectivity index (χ3v) is 2.22. The van der Waals surface area contributed by atoms with E-state index in [0.29, 0.717) is 6.61 Å². The molecule has 0 saturated carbocycles. The smallest absolute Gasteiger partial charge is 0.0713 e. The van der Waals surface area contributed by atoms with Gasteiger partial charge in [0.25, 0.3) is 0 Å². The minimum atomic E-state index is 0.0200.